The van der Waals surface area contributed by atoms with E-state index in [0.717, 1.165) is 6.07 Å². The third-order valence-corrected chi connectivity index (χ3v) is 4.12. The largest absolute Gasteiger partial charge is 0.399 e. The Balaban J connectivity index is 3.05. The minimum absolute atomic E-state index is 0.0433. The number of halogens is 1. The Bertz CT molecular complexity index is 531. The van der Waals surface area contributed by atoms with Crippen molar-refractivity contribution in [2.24, 2.45) is 0 Å². The lowest BCUT2D eigenvalue weighted by molar-refractivity contribution is 0.122. The van der Waals surface area contributed by atoms with Gasteiger partial charge in [0.25, 0.3) is 0 Å². The molecule has 0 aromatic heterocycles. The number of rotatable bonds is 5. The number of methoxy groups -OCH3 is 1. The van der Waals surface area contributed by atoms with Crippen molar-refractivity contribution in [1.82, 2.24) is 4.72 Å². The molecule has 0 bridgehead atoms. The first-order valence-corrected chi connectivity index (χ1v) is 6.84. The summed E-state index contributed by atoms with van der Waals surface area (Å²) < 4.78 is 44.7. The number of ether oxygens (including phenoxy) is 1. The molecular formula is C11H17FN2O3S. The van der Waals surface area contributed by atoms with Crippen LogP contribution >= 0.6 is 0 Å². The number of hydrogen-bond donors (Lipinski definition) is 2. The lowest BCUT2D eigenvalue weighted by atomic mass is 10.2. The molecule has 0 saturated heterocycles. The molecule has 1 aromatic carbocycles. The monoisotopic (exact) mass is 276 g/mol. The number of nitrogens with two attached hydrogens (primary N) is 1. The lowest BCUT2D eigenvalue weighted by Gasteiger charge is -2.13. The fourth-order valence-corrected chi connectivity index (χ4v) is 2.74. The molecule has 0 heterocycles. The molecule has 0 amide bonds. The molecule has 1 aromatic rings. The van der Waals surface area contributed by atoms with Crippen molar-refractivity contribution in [2.75, 3.05) is 19.4 Å². The van der Waals surface area contributed by atoms with Crippen molar-refractivity contribution in [2.45, 2.75) is 24.8 Å². The zero-order valence-corrected chi connectivity index (χ0v) is 11.3. The zero-order chi connectivity index (χ0) is 13.9. The van der Waals surface area contributed by atoms with E-state index in [1.54, 1.807) is 6.92 Å². The van der Waals surface area contributed by atoms with E-state index in [2.05, 4.69) is 4.72 Å². The Morgan fingerprint density at radius 1 is 1.50 bits per heavy atom. The standard InChI is InChI=1S/C11H17FN2O3S/c1-7(17-3)6-14-18(15,16)11-5-9(13)4-10(12)8(11)2/h4-5,7,14H,6,13H2,1-3H3. The maximum absolute atomic E-state index is 13.4. The second-order valence-corrected chi connectivity index (χ2v) is 5.76. The Hall–Kier alpha value is -1.18. The first-order valence-electron chi connectivity index (χ1n) is 5.36. The Kier molecular flexibility index (Phi) is 4.66. The molecule has 0 spiro atoms. The molecule has 1 atom stereocenters. The third-order valence-electron chi connectivity index (χ3n) is 2.57. The Morgan fingerprint density at radius 3 is 2.67 bits per heavy atom. The number of anilines is 1. The highest BCUT2D eigenvalue weighted by molar-refractivity contribution is 7.89. The highest BCUT2D eigenvalue weighted by Gasteiger charge is 2.20. The summed E-state index contributed by atoms with van der Waals surface area (Å²) in [7, 11) is -2.31. The fraction of sp³-hybridized carbons (Fsp3) is 0.455. The van der Waals surface area contributed by atoms with Gasteiger partial charge in [-0.3, -0.25) is 0 Å². The van der Waals surface area contributed by atoms with Gasteiger partial charge in [0.2, 0.25) is 10.0 Å². The van der Waals surface area contributed by atoms with E-state index in [4.69, 9.17) is 10.5 Å². The van der Waals surface area contributed by atoms with Crippen LogP contribution in [0.2, 0.25) is 0 Å². The highest BCUT2D eigenvalue weighted by Crippen LogP contribution is 2.21. The van der Waals surface area contributed by atoms with Gasteiger partial charge >= 0.3 is 0 Å². The van der Waals surface area contributed by atoms with E-state index < -0.39 is 15.8 Å². The predicted molar refractivity (Wildman–Crippen MR) is 67.2 cm³/mol. The van der Waals surface area contributed by atoms with E-state index in [0.29, 0.717) is 0 Å². The van der Waals surface area contributed by atoms with Crippen LogP contribution < -0.4 is 10.5 Å². The van der Waals surface area contributed by atoms with E-state index >= 15 is 0 Å². The Labute approximate surface area is 106 Å². The van der Waals surface area contributed by atoms with Gasteiger partial charge in [0.1, 0.15) is 5.82 Å². The van der Waals surface area contributed by atoms with E-state index in [9.17, 15) is 12.8 Å². The van der Waals surface area contributed by atoms with Crippen molar-refractivity contribution in [3.8, 4) is 0 Å². The van der Waals surface area contributed by atoms with Gasteiger partial charge in [0.05, 0.1) is 11.0 Å². The van der Waals surface area contributed by atoms with Gasteiger partial charge in [0, 0.05) is 24.9 Å². The Morgan fingerprint density at radius 2 is 2.11 bits per heavy atom. The van der Waals surface area contributed by atoms with Crippen LogP contribution in [0, 0.1) is 12.7 Å². The smallest absolute Gasteiger partial charge is 0.241 e. The first-order chi connectivity index (χ1) is 8.27. The van der Waals surface area contributed by atoms with Crippen LogP contribution in [0.5, 0.6) is 0 Å². The van der Waals surface area contributed by atoms with Gasteiger partial charge in [0.15, 0.2) is 0 Å². The molecule has 1 unspecified atom stereocenters. The minimum Gasteiger partial charge on any atom is -0.399 e. The number of hydrogen-bond acceptors (Lipinski definition) is 4. The molecule has 0 radical (unpaired) electrons. The van der Waals surface area contributed by atoms with E-state index in [1.807, 2.05) is 0 Å². The number of benzene rings is 1. The fourth-order valence-electron chi connectivity index (χ4n) is 1.34. The molecule has 7 heteroatoms. The summed E-state index contributed by atoms with van der Waals surface area (Å²) in [5.41, 5.74) is 5.56. The average Bonchev–Trinajstić information content (AvgIpc) is 2.30. The molecule has 0 aliphatic carbocycles. The second kappa shape index (κ2) is 5.64. The van der Waals surface area contributed by atoms with E-state index in [-0.39, 0.29) is 28.8 Å². The third kappa shape index (κ3) is 3.41. The van der Waals surface area contributed by atoms with Gasteiger partial charge < -0.3 is 10.5 Å². The van der Waals surface area contributed by atoms with Gasteiger partial charge in [-0.2, -0.15) is 0 Å². The molecule has 0 aliphatic heterocycles. The molecule has 5 nitrogen and oxygen atoms in total. The molecule has 0 saturated carbocycles. The molecular weight excluding hydrogens is 259 g/mol. The SMILES string of the molecule is COC(C)CNS(=O)(=O)c1cc(N)cc(F)c1C. The highest BCUT2D eigenvalue weighted by atomic mass is 32.2. The summed E-state index contributed by atoms with van der Waals surface area (Å²) in [4.78, 5) is -0.150. The maximum Gasteiger partial charge on any atom is 0.241 e. The quantitative estimate of drug-likeness (QED) is 0.787. The summed E-state index contributed by atoms with van der Waals surface area (Å²) >= 11 is 0. The number of nitrogens with one attached hydrogen (secondary N) is 1. The van der Waals surface area contributed by atoms with Crippen molar-refractivity contribution in [1.29, 1.82) is 0 Å². The van der Waals surface area contributed by atoms with Crippen LogP contribution in [0.1, 0.15) is 12.5 Å². The van der Waals surface area contributed by atoms with Crippen molar-refractivity contribution in [3.63, 3.8) is 0 Å². The van der Waals surface area contributed by atoms with Gasteiger partial charge in [-0.05, 0) is 26.0 Å². The van der Waals surface area contributed by atoms with Crippen molar-refractivity contribution < 1.29 is 17.5 Å². The normalized spacial score (nSPS) is 13.6. The number of nitrogen functional groups attached to an aromatic ring is 1. The molecule has 0 fully saturated rings. The number of sulfonamides is 1. The average molecular weight is 276 g/mol. The maximum atomic E-state index is 13.4. The van der Waals surface area contributed by atoms with Gasteiger partial charge in [-0.1, -0.05) is 0 Å². The summed E-state index contributed by atoms with van der Waals surface area (Å²) in [5.74, 6) is -0.643. The van der Waals surface area contributed by atoms with Crippen molar-refractivity contribution in [3.05, 3.63) is 23.5 Å². The van der Waals surface area contributed by atoms with Crippen LogP contribution in [0.25, 0.3) is 0 Å². The summed E-state index contributed by atoms with van der Waals surface area (Å²) in [6.45, 7) is 3.22. The first kappa shape index (κ1) is 14.9. The van der Waals surface area contributed by atoms with Crippen LogP contribution in [0.3, 0.4) is 0 Å². The molecule has 0 aliphatic rings. The predicted octanol–water partition coefficient (Wildman–Crippen LogP) is 1.03. The minimum atomic E-state index is -3.79. The van der Waals surface area contributed by atoms with E-state index in [1.165, 1.54) is 20.1 Å². The van der Waals surface area contributed by atoms with Gasteiger partial charge in [-0.25, -0.2) is 17.5 Å². The molecule has 102 valence electrons. The van der Waals surface area contributed by atoms with Gasteiger partial charge in [-0.15, -0.1) is 0 Å². The van der Waals surface area contributed by atoms with Crippen LogP contribution in [0.15, 0.2) is 17.0 Å². The molecule has 1 rings (SSSR count). The van der Waals surface area contributed by atoms with Crippen molar-refractivity contribution >= 4 is 15.7 Å². The second-order valence-electron chi connectivity index (χ2n) is 4.02. The summed E-state index contributed by atoms with van der Waals surface area (Å²) in [5, 5.41) is 0. The summed E-state index contributed by atoms with van der Waals surface area (Å²) in [6, 6.07) is 2.32. The van der Waals surface area contributed by atoms with Crippen LogP contribution in [0.4, 0.5) is 10.1 Å². The van der Waals surface area contributed by atoms with Crippen LogP contribution in [-0.4, -0.2) is 28.2 Å². The topological polar surface area (TPSA) is 81.4 Å². The summed E-state index contributed by atoms with van der Waals surface area (Å²) in [6.07, 6.45) is -0.272. The molecule has 3 N–H and O–H groups in total. The van der Waals surface area contributed by atoms with Crippen LogP contribution in [-0.2, 0) is 14.8 Å². The molecule has 18 heavy (non-hydrogen) atoms. The lowest BCUT2D eigenvalue weighted by Crippen LogP contribution is -2.32. The zero-order valence-electron chi connectivity index (χ0n) is 10.5.